The van der Waals surface area contributed by atoms with Crippen LogP contribution in [-0.2, 0) is 4.79 Å². The second-order valence-electron chi connectivity index (χ2n) is 6.09. The molecule has 0 aliphatic carbocycles. The summed E-state index contributed by atoms with van der Waals surface area (Å²) in [4.78, 5) is 14.9. The molecule has 2 heterocycles. The minimum absolute atomic E-state index is 0.188. The van der Waals surface area contributed by atoms with E-state index in [9.17, 15) is 4.79 Å². The number of piperidine rings is 1. The number of rotatable bonds is 2. The lowest BCUT2D eigenvalue weighted by molar-refractivity contribution is -0.137. The summed E-state index contributed by atoms with van der Waals surface area (Å²) in [6, 6.07) is 8.80. The molecule has 2 aliphatic heterocycles. The number of carbonyl (C=O) groups is 1. The number of benzene rings is 1. The van der Waals surface area contributed by atoms with Gasteiger partial charge in [0.05, 0.1) is 12.0 Å². The Labute approximate surface area is 121 Å². The molecule has 2 atom stereocenters. The molecule has 1 aromatic rings. The topological polar surface area (TPSA) is 32.3 Å². The van der Waals surface area contributed by atoms with Crippen molar-refractivity contribution in [2.24, 2.45) is 5.92 Å². The first-order valence-corrected chi connectivity index (χ1v) is 7.84. The highest BCUT2D eigenvalue weighted by Gasteiger charge is 2.34. The lowest BCUT2D eigenvalue weighted by Gasteiger charge is -2.31. The third kappa shape index (κ3) is 2.59. The van der Waals surface area contributed by atoms with Crippen LogP contribution in [0.2, 0.25) is 0 Å². The van der Waals surface area contributed by atoms with E-state index in [1.54, 1.807) is 0 Å². The Kier molecular flexibility index (Phi) is 4.06. The fourth-order valence-electron chi connectivity index (χ4n) is 3.61. The molecule has 1 unspecified atom stereocenters. The van der Waals surface area contributed by atoms with Gasteiger partial charge in [-0.3, -0.25) is 4.79 Å². The lowest BCUT2D eigenvalue weighted by Crippen LogP contribution is -2.42. The molecule has 1 aromatic carbocycles. The Hall–Kier alpha value is -1.35. The molecule has 1 N–H and O–H groups in total. The fourth-order valence-corrected chi connectivity index (χ4v) is 3.61. The summed E-state index contributed by atoms with van der Waals surface area (Å²) in [6.07, 6.45) is 4.41. The second kappa shape index (κ2) is 5.96. The van der Waals surface area contributed by atoms with Crippen molar-refractivity contribution in [3.8, 4) is 0 Å². The Morgan fingerprint density at radius 3 is 2.85 bits per heavy atom. The number of carbonyl (C=O) groups excluding carboxylic acids is 1. The highest BCUT2D eigenvalue weighted by atomic mass is 16.2. The average molecular weight is 272 g/mol. The standard InChI is InChI=1S/C17H24N2O/c1-13-6-2-3-8-15(13)16-9-5-11-19(16)17(20)14-7-4-10-18-12-14/h2-3,6,8,14,16,18H,4-5,7,9-12H2,1H3/t14-,16?/m0/s1. The van der Waals surface area contributed by atoms with Crippen molar-refractivity contribution in [1.82, 2.24) is 10.2 Å². The van der Waals surface area contributed by atoms with Crippen molar-refractivity contribution in [2.75, 3.05) is 19.6 Å². The van der Waals surface area contributed by atoms with E-state index in [0.29, 0.717) is 11.9 Å². The summed E-state index contributed by atoms with van der Waals surface area (Å²) in [5.41, 5.74) is 2.64. The van der Waals surface area contributed by atoms with E-state index in [2.05, 4.69) is 41.4 Å². The molecule has 0 spiro atoms. The molecule has 2 fully saturated rings. The van der Waals surface area contributed by atoms with Crippen molar-refractivity contribution in [3.05, 3.63) is 35.4 Å². The van der Waals surface area contributed by atoms with Crippen molar-refractivity contribution in [2.45, 2.75) is 38.6 Å². The Balaban J connectivity index is 1.78. The first kappa shape index (κ1) is 13.6. The predicted molar refractivity (Wildman–Crippen MR) is 80.5 cm³/mol. The molecule has 2 saturated heterocycles. The van der Waals surface area contributed by atoms with Crippen molar-refractivity contribution < 1.29 is 4.79 Å². The van der Waals surface area contributed by atoms with Crippen LogP contribution in [0.25, 0.3) is 0 Å². The molecule has 1 amide bonds. The molecule has 3 rings (SSSR count). The summed E-state index contributed by atoms with van der Waals surface area (Å²) >= 11 is 0. The van der Waals surface area contributed by atoms with Gasteiger partial charge in [-0.1, -0.05) is 24.3 Å². The van der Waals surface area contributed by atoms with E-state index < -0.39 is 0 Å². The third-order valence-electron chi connectivity index (χ3n) is 4.73. The van der Waals surface area contributed by atoms with Gasteiger partial charge < -0.3 is 10.2 Å². The molecular weight excluding hydrogens is 248 g/mol. The van der Waals surface area contributed by atoms with Crippen LogP contribution in [0, 0.1) is 12.8 Å². The number of likely N-dealkylation sites (tertiary alicyclic amines) is 1. The summed E-state index contributed by atoms with van der Waals surface area (Å²) < 4.78 is 0. The van der Waals surface area contributed by atoms with Crippen LogP contribution in [0.4, 0.5) is 0 Å². The number of nitrogens with one attached hydrogen (secondary N) is 1. The minimum Gasteiger partial charge on any atom is -0.335 e. The molecule has 108 valence electrons. The lowest BCUT2D eigenvalue weighted by atomic mass is 9.95. The van der Waals surface area contributed by atoms with Crippen molar-refractivity contribution >= 4 is 5.91 Å². The van der Waals surface area contributed by atoms with Gasteiger partial charge in [-0.05, 0) is 50.3 Å². The van der Waals surface area contributed by atoms with E-state index in [-0.39, 0.29) is 5.92 Å². The zero-order chi connectivity index (χ0) is 13.9. The van der Waals surface area contributed by atoms with Crippen LogP contribution < -0.4 is 5.32 Å². The first-order chi connectivity index (χ1) is 9.77. The van der Waals surface area contributed by atoms with Crippen LogP contribution in [0.15, 0.2) is 24.3 Å². The summed E-state index contributed by atoms with van der Waals surface area (Å²) in [6.45, 7) is 4.99. The van der Waals surface area contributed by atoms with Crippen LogP contribution in [0.1, 0.15) is 42.9 Å². The molecule has 0 bridgehead atoms. The maximum Gasteiger partial charge on any atom is 0.227 e. The maximum absolute atomic E-state index is 12.8. The summed E-state index contributed by atoms with van der Waals surface area (Å²) in [7, 11) is 0. The monoisotopic (exact) mass is 272 g/mol. The van der Waals surface area contributed by atoms with Gasteiger partial charge in [-0.2, -0.15) is 0 Å². The first-order valence-electron chi connectivity index (χ1n) is 7.84. The smallest absolute Gasteiger partial charge is 0.227 e. The van der Waals surface area contributed by atoms with E-state index >= 15 is 0 Å². The molecule has 0 aromatic heterocycles. The highest BCUT2D eigenvalue weighted by molar-refractivity contribution is 5.80. The van der Waals surface area contributed by atoms with Gasteiger partial charge in [0.15, 0.2) is 0 Å². The molecule has 3 heteroatoms. The van der Waals surface area contributed by atoms with Gasteiger partial charge >= 0.3 is 0 Å². The quantitative estimate of drug-likeness (QED) is 0.897. The molecule has 3 nitrogen and oxygen atoms in total. The fraction of sp³-hybridized carbons (Fsp3) is 0.588. The molecular formula is C17H24N2O. The summed E-state index contributed by atoms with van der Waals surface area (Å²) in [5, 5.41) is 3.36. The maximum atomic E-state index is 12.8. The normalized spacial score (nSPS) is 26.8. The van der Waals surface area contributed by atoms with Crippen molar-refractivity contribution in [1.29, 1.82) is 0 Å². The van der Waals surface area contributed by atoms with Gasteiger partial charge in [-0.25, -0.2) is 0 Å². The molecule has 0 saturated carbocycles. The number of nitrogens with zero attached hydrogens (tertiary/aromatic N) is 1. The van der Waals surface area contributed by atoms with Gasteiger partial charge in [0.25, 0.3) is 0 Å². The predicted octanol–water partition coefficient (Wildman–Crippen LogP) is 2.66. The van der Waals surface area contributed by atoms with Gasteiger partial charge in [0.2, 0.25) is 5.91 Å². The summed E-state index contributed by atoms with van der Waals surface area (Å²) in [5.74, 6) is 0.552. The van der Waals surface area contributed by atoms with Crippen molar-refractivity contribution in [3.63, 3.8) is 0 Å². The number of amides is 1. The van der Waals surface area contributed by atoms with Crippen LogP contribution in [-0.4, -0.2) is 30.4 Å². The number of hydrogen-bond acceptors (Lipinski definition) is 2. The van der Waals surface area contributed by atoms with E-state index in [0.717, 1.165) is 45.3 Å². The molecule has 2 aliphatic rings. The zero-order valence-corrected chi connectivity index (χ0v) is 12.3. The van der Waals surface area contributed by atoms with Gasteiger partial charge in [-0.15, -0.1) is 0 Å². The Morgan fingerprint density at radius 2 is 2.10 bits per heavy atom. The molecule has 0 radical (unpaired) electrons. The SMILES string of the molecule is Cc1ccccc1C1CCCN1C(=O)[C@H]1CCCNC1. The Bertz CT molecular complexity index is 480. The average Bonchev–Trinajstić information content (AvgIpc) is 2.97. The Morgan fingerprint density at radius 1 is 1.25 bits per heavy atom. The van der Waals surface area contributed by atoms with E-state index in [4.69, 9.17) is 0 Å². The highest BCUT2D eigenvalue weighted by Crippen LogP contribution is 2.35. The second-order valence-corrected chi connectivity index (χ2v) is 6.09. The number of hydrogen-bond donors (Lipinski definition) is 1. The van der Waals surface area contributed by atoms with Crippen LogP contribution in [0.3, 0.4) is 0 Å². The third-order valence-corrected chi connectivity index (χ3v) is 4.73. The van der Waals surface area contributed by atoms with E-state index in [1.807, 2.05) is 0 Å². The van der Waals surface area contributed by atoms with Crippen LogP contribution >= 0.6 is 0 Å². The van der Waals surface area contributed by atoms with Crippen LogP contribution in [0.5, 0.6) is 0 Å². The number of aryl methyl sites for hydroxylation is 1. The van der Waals surface area contributed by atoms with E-state index in [1.165, 1.54) is 11.1 Å². The van der Waals surface area contributed by atoms with Gasteiger partial charge in [0.1, 0.15) is 0 Å². The van der Waals surface area contributed by atoms with Gasteiger partial charge in [0, 0.05) is 13.1 Å². The minimum atomic E-state index is 0.188. The largest absolute Gasteiger partial charge is 0.335 e. The molecule has 20 heavy (non-hydrogen) atoms. The zero-order valence-electron chi connectivity index (χ0n) is 12.3.